The molecule has 0 saturated carbocycles. The molecule has 1 saturated heterocycles. The number of amides is 1. The normalized spacial score (nSPS) is 15.2. The fraction of sp³-hybridized carbons (Fsp3) is 0.316. The van der Waals surface area contributed by atoms with Crippen molar-refractivity contribution in [1.29, 1.82) is 0 Å². The molecule has 2 aromatic carbocycles. The van der Waals surface area contributed by atoms with Crippen LogP contribution in [0.5, 0.6) is 5.75 Å². The van der Waals surface area contributed by atoms with Gasteiger partial charge in [0.15, 0.2) is 0 Å². The molecule has 26 heavy (non-hydrogen) atoms. The van der Waals surface area contributed by atoms with E-state index in [9.17, 15) is 18.0 Å². The molecule has 0 spiro atoms. The second-order valence-corrected chi connectivity index (χ2v) is 6.33. The second kappa shape index (κ2) is 7.78. The summed E-state index contributed by atoms with van der Waals surface area (Å²) in [7, 11) is 1.54. The number of hydrogen-bond acceptors (Lipinski definition) is 2. The van der Waals surface area contributed by atoms with Crippen molar-refractivity contribution in [2.75, 3.05) is 33.3 Å². The molecule has 0 radical (unpaired) electrons. The minimum absolute atomic E-state index is 0.0118. The van der Waals surface area contributed by atoms with E-state index in [2.05, 4.69) is 0 Å². The Morgan fingerprint density at radius 1 is 1.04 bits per heavy atom. The largest absolute Gasteiger partial charge is 0.496 e. The molecule has 0 unspecified atom stereocenters. The summed E-state index contributed by atoms with van der Waals surface area (Å²) in [5.41, 5.74) is 0.784. The summed E-state index contributed by atoms with van der Waals surface area (Å²) in [5.74, 6) is -1.60. The van der Waals surface area contributed by atoms with E-state index in [1.165, 1.54) is 17.0 Å². The number of carbonyl (C=O) groups is 1. The third kappa shape index (κ3) is 4.16. The van der Waals surface area contributed by atoms with E-state index in [1.54, 1.807) is 18.1 Å². The molecular formula is C19H20F3N2O2+. The predicted octanol–water partition coefficient (Wildman–Crippen LogP) is 1.65. The zero-order valence-electron chi connectivity index (χ0n) is 14.4. The molecule has 1 aliphatic rings. The van der Waals surface area contributed by atoms with Crippen molar-refractivity contribution in [3.05, 3.63) is 65.0 Å². The lowest BCUT2D eigenvalue weighted by Gasteiger charge is -2.32. The molecule has 0 aliphatic carbocycles. The van der Waals surface area contributed by atoms with Gasteiger partial charge in [0, 0.05) is 11.6 Å². The molecule has 1 fully saturated rings. The molecule has 4 nitrogen and oxygen atoms in total. The van der Waals surface area contributed by atoms with Gasteiger partial charge in [-0.25, -0.2) is 13.2 Å². The van der Waals surface area contributed by atoms with E-state index < -0.39 is 11.6 Å². The Balaban J connectivity index is 1.62. The Morgan fingerprint density at radius 3 is 2.31 bits per heavy atom. The molecule has 2 aromatic rings. The molecule has 0 bridgehead atoms. The van der Waals surface area contributed by atoms with Crippen LogP contribution in [0.2, 0.25) is 0 Å². The van der Waals surface area contributed by atoms with Crippen molar-refractivity contribution in [2.45, 2.75) is 6.54 Å². The zero-order chi connectivity index (χ0) is 18.7. The van der Waals surface area contributed by atoms with Crippen molar-refractivity contribution < 1.29 is 27.6 Å². The summed E-state index contributed by atoms with van der Waals surface area (Å²) in [6.07, 6.45) is 0. The van der Waals surface area contributed by atoms with Crippen molar-refractivity contribution in [1.82, 2.24) is 4.90 Å². The first-order valence-electron chi connectivity index (χ1n) is 8.37. The minimum atomic E-state index is -0.768. The second-order valence-electron chi connectivity index (χ2n) is 6.33. The highest BCUT2D eigenvalue weighted by atomic mass is 19.1. The molecule has 7 heteroatoms. The first-order valence-corrected chi connectivity index (χ1v) is 8.37. The van der Waals surface area contributed by atoms with Crippen LogP contribution in [0.1, 0.15) is 15.9 Å². The summed E-state index contributed by atoms with van der Waals surface area (Å²) in [6, 6.07) is 7.24. The topological polar surface area (TPSA) is 34.0 Å². The highest BCUT2D eigenvalue weighted by Crippen LogP contribution is 2.18. The number of benzene rings is 2. The molecule has 1 aliphatic heterocycles. The SMILES string of the molecule is COc1ccc(F)cc1C[NH+]1CCN(C(=O)c2cc(F)cc(F)c2)CC1. The van der Waals surface area contributed by atoms with Crippen molar-refractivity contribution in [3.63, 3.8) is 0 Å². The summed E-state index contributed by atoms with van der Waals surface area (Å²) < 4.78 is 45.4. The molecule has 138 valence electrons. The van der Waals surface area contributed by atoms with Crippen LogP contribution in [0.15, 0.2) is 36.4 Å². The summed E-state index contributed by atoms with van der Waals surface area (Å²) in [6.45, 7) is 2.82. The van der Waals surface area contributed by atoms with Gasteiger partial charge in [-0.1, -0.05) is 0 Å². The number of ether oxygens (including phenoxy) is 1. The number of rotatable bonds is 4. The fourth-order valence-electron chi connectivity index (χ4n) is 3.22. The number of piperazine rings is 1. The van der Waals surface area contributed by atoms with E-state index in [-0.39, 0.29) is 17.3 Å². The van der Waals surface area contributed by atoms with Crippen molar-refractivity contribution >= 4 is 5.91 Å². The van der Waals surface area contributed by atoms with E-state index in [1.807, 2.05) is 0 Å². The van der Waals surface area contributed by atoms with Gasteiger partial charge in [-0.3, -0.25) is 4.79 Å². The van der Waals surface area contributed by atoms with Crippen LogP contribution in [0.4, 0.5) is 13.2 Å². The van der Waals surface area contributed by atoms with Crippen LogP contribution in [-0.4, -0.2) is 44.1 Å². The third-order valence-corrected chi connectivity index (χ3v) is 4.55. The molecular weight excluding hydrogens is 345 g/mol. The molecule has 1 N–H and O–H groups in total. The van der Waals surface area contributed by atoms with Crippen LogP contribution in [-0.2, 0) is 6.54 Å². The molecule has 3 rings (SSSR count). The van der Waals surface area contributed by atoms with Crippen LogP contribution in [0, 0.1) is 17.5 Å². The Hall–Kier alpha value is -2.54. The van der Waals surface area contributed by atoms with Gasteiger partial charge >= 0.3 is 0 Å². The Labute approximate surface area is 149 Å². The van der Waals surface area contributed by atoms with Crippen molar-refractivity contribution in [2.24, 2.45) is 0 Å². The Bertz CT molecular complexity index is 785. The average molecular weight is 365 g/mol. The zero-order valence-corrected chi connectivity index (χ0v) is 14.4. The van der Waals surface area contributed by atoms with Gasteiger partial charge in [0.25, 0.3) is 5.91 Å². The van der Waals surface area contributed by atoms with Crippen LogP contribution in [0.25, 0.3) is 0 Å². The van der Waals surface area contributed by atoms with Gasteiger partial charge in [0.05, 0.1) is 38.9 Å². The maximum atomic E-state index is 13.5. The van der Waals surface area contributed by atoms with Crippen LogP contribution in [0.3, 0.4) is 0 Å². The summed E-state index contributed by atoms with van der Waals surface area (Å²) >= 11 is 0. The summed E-state index contributed by atoms with van der Waals surface area (Å²) in [4.78, 5) is 15.2. The number of halogens is 3. The molecule has 1 amide bonds. The van der Waals surface area contributed by atoms with E-state index in [0.717, 1.165) is 23.8 Å². The molecule has 0 atom stereocenters. The number of nitrogens with zero attached hydrogens (tertiary/aromatic N) is 1. The number of carbonyl (C=O) groups excluding carboxylic acids is 1. The first-order chi connectivity index (χ1) is 12.5. The highest BCUT2D eigenvalue weighted by molar-refractivity contribution is 5.94. The van der Waals surface area contributed by atoms with Crippen molar-refractivity contribution in [3.8, 4) is 5.75 Å². The lowest BCUT2D eigenvalue weighted by molar-refractivity contribution is -0.917. The van der Waals surface area contributed by atoms with Gasteiger partial charge in [-0.2, -0.15) is 0 Å². The van der Waals surface area contributed by atoms with Gasteiger partial charge in [0.1, 0.15) is 29.7 Å². The number of nitrogens with one attached hydrogen (secondary N) is 1. The Kier molecular flexibility index (Phi) is 5.46. The average Bonchev–Trinajstić information content (AvgIpc) is 2.61. The molecule has 1 heterocycles. The first kappa shape index (κ1) is 18.3. The highest BCUT2D eigenvalue weighted by Gasteiger charge is 2.26. The van der Waals surface area contributed by atoms with Gasteiger partial charge in [-0.05, 0) is 30.3 Å². The van der Waals surface area contributed by atoms with Gasteiger partial charge < -0.3 is 14.5 Å². The van der Waals surface area contributed by atoms with Gasteiger partial charge in [-0.15, -0.1) is 0 Å². The maximum Gasteiger partial charge on any atom is 0.254 e. The minimum Gasteiger partial charge on any atom is -0.496 e. The number of methoxy groups -OCH3 is 1. The van der Waals surface area contributed by atoms with Gasteiger partial charge in [0.2, 0.25) is 0 Å². The maximum absolute atomic E-state index is 13.5. The lowest BCUT2D eigenvalue weighted by atomic mass is 10.1. The quantitative estimate of drug-likeness (QED) is 0.894. The summed E-state index contributed by atoms with van der Waals surface area (Å²) in [5, 5.41) is 0. The smallest absolute Gasteiger partial charge is 0.254 e. The Morgan fingerprint density at radius 2 is 1.69 bits per heavy atom. The van der Waals surface area contributed by atoms with E-state index in [4.69, 9.17) is 4.74 Å². The lowest BCUT2D eigenvalue weighted by Crippen LogP contribution is -3.13. The standard InChI is InChI=1S/C19H19F3N2O2/c1-26-18-3-2-15(20)10-14(18)12-23-4-6-24(7-5-23)19(25)13-8-16(21)11-17(22)9-13/h2-3,8-11H,4-7,12H2,1H3/p+1. The molecule has 0 aromatic heterocycles. The van der Waals surface area contributed by atoms with Crippen LogP contribution < -0.4 is 9.64 Å². The monoisotopic (exact) mass is 365 g/mol. The number of hydrogen-bond donors (Lipinski definition) is 1. The fourth-order valence-corrected chi connectivity index (χ4v) is 3.22. The van der Waals surface area contributed by atoms with Crippen LogP contribution >= 0.6 is 0 Å². The van der Waals surface area contributed by atoms with E-state index >= 15 is 0 Å². The third-order valence-electron chi connectivity index (χ3n) is 4.55. The predicted molar refractivity (Wildman–Crippen MR) is 89.6 cm³/mol. The number of quaternary nitrogens is 1. The van der Waals surface area contributed by atoms with E-state index in [0.29, 0.717) is 38.5 Å².